The number of benzene rings is 2. The summed E-state index contributed by atoms with van der Waals surface area (Å²) in [6.45, 7) is 2.87. The Morgan fingerprint density at radius 3 is 2.89 bits per heavy atom. The monoisotopic (exact) mass is 628 g/mol. The molecule has 4 aromatic rings. The number of phenolic OH excluding ortho intramolecular Hbond substituents is 1. The molecule has 9 nitrogen and oxygen atoms in total. The summed E-state index contributed by atoms with van der Waals surface area (Å²) in [5.41, 5.74) is -0.758. The Bertz CT molecular complexity index is 1930. The van der Waals surface area contributed by atoms with Crippen molar-refractivity contribution in [1.82, 2.24) is 19.9 Å². The molecule has 12 heteroatoms. The number of alkyl halides is 1. The van der Waals surface area contributed by atoms with Crippen LogP contribution in [0.15, 0.2) is 30.5 Å². The molecular formula is C34H31F3N6O3. The van der Waals surface area contributed by atoms with Crippen LogP contribution in [-0.4, -0.2) is 82.7 Å². The summed E-state index contributed by atoms with van der Waals surface area (Å²) < 4.78 is 58.0. The Morgan fingerprint density at radius 1 is 1.20 bits per heavy atom. The van der Waals surface area contributed by atoms with Crippen LogP contribution >= 0.6 is 0 Å². The number of phenols is 1. The van der Waals surface area contributed by atoms with Gasteiger partial charge in [0.05, 0.1) is 35.8 Å². The zero-order valence-corrected chi connectivity index (χ0v) is 25.0. The van der Waals surface area contributed by atoms with Crippen molar-refractivity contribution in [3.8, 4) is 41.4 Å². The van der Waals surface area contributed by atoms with E-state index in [1.54, 1.807) is 0 Å². The Hall–Kier alpha value is -4.65. The quantitative estimate of drug-likeness (QED) is 0.291. The van der Waals surface area contributed by atoms with E-state index >= 15 is 4.39 Å². The third kappa shape index (κ3) is 5.21. The Labute approximate surface area is 263 Å². The first-order chi connectivity index (χ1) is 22.3. The van der Waals surface area contributed by atoms with Crippen molar-refractivity contribution in [2.24, 2.45) is 5.92 Å². The van der Waals surface area contributed by atoms with Crippen LogP contribution in [0.4, 0.5) is 19.0 Å². The van der Waals surface area contributed by atoms with Crippen molar-refractivity contribution < 1.29 is 27.8 Å². The topological polar surface area (TPSA) is 108 Å². The predicted octanol–water partition coefficient (Wildman–Crippen LogP) is 5.13. The molecule has 5 heterocycles. The summed E-state index contributed by atoms with van der Waals surface area (Å²) >= 11 is 0. The van der Waals surface area contributed by atoms with Crippen LogP contribution in [0.1, 0.15) is 31.2 Å². The van der Waals surface area contributed by atoms with E-state index in [4.69, 9.17) is 20.9 Å². The Morgan fingerprint density at radius 2 is 2.07 bits per heavy atom. The molecule has 0 radical (unpaired) electrons. The second-order valence-corrected chi connectivity index (χ2v) is 12.3. The molecular weight excluding hydrogens is 597 g/mol. The maximum absolute atomic E-state index is 16.8. The maximum Gasteiger partial charge on any atom is 0.319 e. The van der Waals surface area contributed by atoms with Crippen LogP contribution in [0.5, 0.6) is 11.8 Å². The maximum atomic E-state index is 16.8. The van der Waals surface area contributed by atoms with Gasteiger partial charge in [0.1, 0.15) is 41.4 Å². The number of hydrogen-bond acceptors (Lipinski definition) is 9. The fourth-order valence-corrected chi connectivity index (χ4v) is 7.24. The molecule has 0 aliphatic carbocycles. The number of aromatic nitrogens is 3. The fourth-order valence-electron chi connectivity index (χ4n) is 7.24. The predicted molar refractivity (Wildman–Crippen MR) is 165 cm³/mol. The van der Waals surface area contributed by atoms with E-state index in [-0.39, 0.29) is 58.4 Å². The zero-order chi connectivity index (χ0) is 32.0. The van der Waals surface area contributed by atoms with Gasteiger partial charge in [0.25, 0.3) is 0 Å². The van der Waals surface area contributed by atoms with Crippen molar-refractivity contribution in [2.75, 3.05) is 50.9 Å². The highest BCUT2D eigenvalue weighted by Gasteiger charge is 2.49. The minimum atomic E-state index is -0.952. The number of nitrogens with zero attached hydrogens (tertiary/aromatic N) is 6. The molecule has 0 amide bonds. The normalized spacial score (nSPS) is 23.3. The lowest BCUT2D eigenvalue weighted by molar-refractivity contribution is 0.107. The van der Waals surface area contributed by atoms with Gasteiger partial charge in [-0.05, 0) is 43.0 Å². The average Bonchev–Trinajstić information content (AvgIpc) is 3.46. The van der Waals surface area contributed by atoms with Gasteiger partial charge >= 0.3 is 6.01 Å². The van der Waals surface area contributed by atoms with Crippen LogP contribution < -0.4 is 9.64 Å². The van der Waals surface area contributed by atoms with Gasteiger partial charge in [-0.2, -0.15) is 15.2 Å². The summed E-state index contributed by atoms with van der Waals surface area (Å²) in [4.78, 5) is 17.7. The van der Waals surface area contributed by atoms with Gasteiger partial charge in [0, 0.05) is 55.5 Å². The van der Waals surface area contributed by atoms with E-state index in [2.05, 4.69) is 26.9 Å². The molecule has 3 fully saturated rings. The zero-order valence-electron chi connectivity index (χ0n) is 25.0. The van der Waals surface area contributed by atoms with Gasteiger partial charge in [-0.3, -0.25) is 9.88 Å². The van der Waals surface area contributed by atoms with Gasteiger partial charge in [-0.15, -0.1) is 6.42 Å². The smallest absolute Gasteiger partial charge is 0.319 e. The number of fused-ring (bicyclic) bond motifs is 3. The van der Waals surface area contributed by atoms with Crippen molar-refractivity contribution in [3.05, 3.63) is 47.7 Å². The summed E-state index contributed by atoms with van der Waals surface area (Å²) in [7, 11) is 0. The number of terminal acetylenes is 1. The molecule has 2 aromatic carbocycles. The van der Waals surface area contributed by atoms with Gasteiger partial charge in [0.2, 0.25) is 0 Å². The molecule has 1 N–H and O–H groups in total. The number of anilines is 1. The van der Waals surface area contributed by atoms with Crippen molar-refractivity contribution >= 4 is 27.5 Å². The van der Waals surface area contributed by atoms with E-state index in [1.807, 2.05) is 4.90 Å². The second-order valence-electron chi connectivity index (χ2n) is 12.3. The summed E-state index contributed by atoms with van der Waals surface area (Å²) in [5.74, 6) is 0.913. The number of rotatable bonds is 6. The number of aromatic hydroxyl groups is 1. The lowest BCUT2D eigenvalue weighted by atomic mass is 9.95. The molecule has 0 unspecified atom stereocenters. The molecule has 2 aromatic heterocycles. The van der Waals surface area contributed by atoms with Crippen molar-refractivity contribution in [3.63, 3.8) is 0 Å². The molecule has 236 valence electrons. The lowest BCUT2D eigenvalue weighted by Gasteiger charge is -2.31. The number of hydrogen-bond donors (Lipinski definition) is 1. The van der Waals surface area contributed by atoms with Gasteiger partial charge in [0.15, 0.2) is 5.82 Å². The first kappa shape index (κ1) is 30.0. The standard InChI is InChI=1S/C34H31F3N6O3/c1-2-24-27(36)5-4-21-12-23(44)13-25(28(21)24)30-29(37)31-26(15-39-30)32(42-10-11-45-18-20(16-42)6-8-38)41-33(40-31)46-19-34-7-3-9-43(34)17-22(35)14-34/h1,4-5,12-13,15,20,22,44H,3,6-7,9-11,14,16-19H2/t20-,22+,34-/m0/s1. The molecule has 3 aliphatic heterocycles. The first-order valence-electron chi connectivity index (χ1n) is 15.3. The largest absolute Gasteiger partial charge is 0.508 e. The molecule has 46 heavy (non-hydrogen) atoms. The van der Waals surface area contributed by atoms with Crippen LogP contribution in [0, 0.1) is 41.2 Å². The first-order valence-corrected chi connectivity index (χ1v) is 15.3. The highest BCUT2D eigenvalue weighted by Crippen LogP contribution is 2.42. The van der Waals surface area contributed by atoms with E-state index in [1.165, 1.54) is 30.5 Å². The van der Waals surface area contributed by atoms with Crippen molar-refractivity contribution in [2.45, 2.75) is 37.4 Å². The molecule has 0 spiro atoms. The van der Waals surface area contributed by atoms with E-state index in [0.717, 1.165) is 19.4 Å². The van der Waals surface area contributed by atoms with Crippen LogP contribution in [0.3, 0.4) is 0 Å². The number of pyridine rings is 1. The Kier molecular flexibility index (Phi) is 7.79. The summed E-state index contributed by atoms with van der Waals surface area (Å²) in [5, 5.41) is 20.8. The van der Waals surface area contributed by atoms with Gasteiger partial charge in [-0.25, -0.2) is 13.2 Å². The molecule has 0 bridgehead atoms. The minimum absolute atomic E-state index is 0.0831. The van der Waals surface area contributed by atoms with E-state index < -0.39 is 23.3 Å². The van der Waals surface area contributed by atoms with Crippen LogP contribution in [0.2, 0.25) is 0 Å². The molecule has 3 aliphatic rings. The molecule has 7 rings (SSSR count). The number of nitriles is 1. The second kappa shape index (κ2) is 11.9. The number of ether oxygens (including phenoxy) is 2. The Balaban J connectivity index is 1.38. The van der Waals surface area contributed by atoms with Crippen molar-refractivity contribution in [1.29, 1.82) is 5.26 Å². The fraction of sp³-hybridized carbons (Fsp3) is 0.412. The van der Waals surface area contributed by atoms with Gasteiger partial charge in [-0.1, -0.05) is 12.0 Å². The highest BCUT2D eigenvalue weighted by molar-refractivity contribution is 6.03. The summed E-state index contributed by atoms with van der Waals surface area (Å²) in [6, 6.07) is 7.47. The van der Waals surface area contributed by atoms with Crippen LogP contribution in [-0.2, 0) is 4.74 Å². The average molecular weight is 629 g/mol. The SMILES string of the molecule is C#Cc1c(F)ccc2cc(O)cc(-c3ncc4c(N5CCOC[C@@H](CC#N)C5)nc(OC[C@@]56CCCN5C[C@H](F)C6)nc4c3F)c12. The van der Waals surface area contributed by atoms with E-state index in [9.17, 15) is 19.1 Å². The third-order valence-electron chi connectivity index (χ3n) is 9.34. The molecule has 3 saturated heterocycles. The lowest BCUT2D eigenvalue weighted by Crippen LogP contribution is -2.43. The highest BCUT2D eigenvalue weighted by atomic mass is 19.1. The van der Waals surface area contributed by atoms with Crippen LogP contribution in [0.25, 0.3) is 32.9 Å². The minimum Gasteiger partial charge on any atom is -0.508 e. The number of halogens is 3. The molecule has 0 saturated carbocycles. The molecule has 3 atom stereocenters. The third-order valence-corrected chi connectivity index (χ3v) is 9.34. The van der Waals surface area contributed by atoms with E-state index in [0.29, 0.717) is 55.9 Å². The van der Waals surface area contributed by atoms with Gasteiger partial charge < -0.3 is 19.5 Å². The summed E-state index contributed by atoms with van der Waals surface area (Å²) in [6.07, 6.45) is 8.45.